The lowest BCUT2D eigenvalue weighted by molar-refractivity contribution is 0.167. The maximum absolute atomic E-state index is 11.3. The van der Waals surface area contributed by atoms with Crippen LogP contribution >= 0.6 is 0 Å². The van der Waals surface area contributed by atoms with Gasteiger partial charge in [-0.15, -0.1) is 0 Å². The molecule has 2 aromatic rings. The molecule has 0 amide bonds. The minimum absolute atomic E-state index is 0.403. The summed E-state index contributed by atoms with van der Waals surface area (Å²) in [5, 5.41) is 0. The molecule has 0 spiro atoms. The third-order valence-electron chi connectivity index (χ3n) is 6.04. The Labute approximate surface area is 152 Å². The highest BCUT2D eigenvalue weighted by molar-refractivity contribution is 7.79. The largest absolute Gasteiger partial charge is 0.303 e. The van der Waals surface area contributed by atoms with Crippen LogP contribution in [0.5, 0.6) is 0 Å². The fraction of sp³-hybridized carbons (Fsp3) is 0.429. The molecule has 0 saturated carbocycles. The molecule has 1 aliphatic carbocycles. The van der Waals surface area contributed by atoms with Crippen LogP contribution in [0.15, 0.2) is 47.4 Å². The molecule has 1 fully saturated rings. The van der Waals surface area contributed by atoms with E-state index in [1.54, 1.807) is 12.1 Å². The molecule has 2 aliphatic rings. The molecule has 4 rings (SSSR count). The molecule has 4 atom stereocenters. The summed E-state index contributed by atoms with van der Waals surface area (Å²) in [7, 11) is 0. The van der Waals surface area contributed by atoms with Crippen LogP contribution in [0.25, 0.3) is 0 Å². The van der Waals surface area contributed by atoms with Crippen molar-refractivity contribution in [3.63, 3.8) is 0 Å². The minimum atomic E-state index is -1.91. The van der Waals surface area contributed by atoms with E-state index in [1.807, 2.05) is 0 Å². The van der Waals surface area contributed by atoms with Gasteiger partial charge in [-0.05, 0) is 61.2 Å². The van der Waals surface area contributed by atoms with Crippen molar-refractivity contribution < 1.29 is 8.76 Å². The second kappa shape index (κ2) is 6.67. The van der Waals surface area contributed by atoms with Crippen molar-refractivity contribution >= 4 is 11.1 Å². The second-order valence-electron chi connectivity index (χ2n) is 7.38. The molecule has 0 radical (unpaired) electrons. The van der Waals surface area contributed by atoms with Crippen LogP contribution in [0.3, 0.4) is 0 Å². The summed E-state index contributed by atoms with van der Waals surface area (Å²) >= 11 is -1.91. The van der Waals surface area contributed by atoms with Crippen molar-refractivity contribution in [2.75, 3.05) is 19.6 Å². The molecule has 1 aliphatic heterocycles. The van der Waals surface area contributed by atoms with Gasteiger partial charge in [-0.3, -0.25) is 0 Å². The quantitative estimate of drug-likeness (QED) is 0.841. The van der Waals surface area contributed by atoms with Gasteiger partial charge in [-0.2, -0.15) is 0 Å². The molecule has 25 heavy (non-hydrogen) atoms. The molecule has 3 nitrogen and oxygen atoms in total. The summed E-state index contributed by atoms with van der Waals surface area (Å²) in [5.74, 6) is 1.63. The normalized spacial score (nSPS) is 26.9. The van der Waals surface area contributed by atoms with Crippen LogP contribution in [0, 0.1) is 12.8 Å². The summed E-state index contributed by atoms with van der Waals surface area (Å²) in [4.78, 5) is 3.04. The Morgan fingerprint density at radius 3 is 2.60 bits per heavy atom. The van der Waals surface area contributed by atoms with E-state index in [0.29, 0.717) is 22.6 Å². The van der Waals surface area contributed by atoms with E-state index in [0.717, 1.165) is 13.1 Å². The first kappa shape index (κ1) is 17.0. The first-order valence-electron chi connectivity index (χ1n) is 9.12. The van der Waals surface area contributed by atoms with E-state index in [2.05, 4.69) is 49.1 Å². The number of likely N-dealkylation sites (N-methyl/N-ethyl adjacent to an activating group) is 1. The van der Waals surface area contributed by atoms with Gasteiger partial charge in [-0.1, -0.05) is 42.8 Å². The summed E-state index contributed by atoms with van der Waals surface area (Å²) < 4.78 is 20.6. The van der Waals surface area contributed by atoms with E-state index in [-0.39, 0.29) is 0 Å². The Morgan fingerprint density at radius 2 is 1.92 bits per heavy atom. The fourth-order valence-corrected chi connectivity index (χ4v) is 5.17. The van der Waals surface area contributed by atoms with E-state index in [4.69, 9.17) is 0 Å². The number of benzene rings is 2. The Kier molecular flexibility index (Phi) is 4.52. The van der Waals surface area contributed by atoms with Crippen molar-refractivity contribution in [1.29, 1.82) is 0 Å². The van der Waals surface area contributed by atoms with Crippen molar-refractivity contribution in [2.45, 2.75) is 37.0 Å². The van der Waals surface area contributed by atoms with Crippen molar-refractivity contribution in [1.82, 2.24) is 4.90 Å². The number of likely N-dealkylation sites (tertiary alicyclic amines) is 1. The summed E-state index contributed by atoms with van der Waals surface area (Å²) in [6.45, 7) is 7.84. The third-order valence-corrected chi connectivity index (χ3v) is 6.72. The Morgan fingerprint density at radius 1 is 1.16 bits per heavy atom. The van der Waals surface area contributed by atoms with Gasteiger partial charge in [0.1, 0.15) is 0 Å². The van der Waals surface area contributed by atoms with Gasteiger partial charge in [0.2, 0.25) is 0 Å². The van der Waals surface area contributed by atoms with Crippen molar-refractivity contribution in [3.8, 4) is 0 Å². The van der Waals surface area contributed by atoms with E-state index in [9.17, 15) is 8.76 Å². The number of rotatable bonds is 3. The number of nitrogens with zero attached hydrogens (tertiary/aromatic N) is 1. The number of hydrogen-bond donors (Lipinski definition) is 1. The fourth-order valence-electron chi connectivity index (χ4n) is 4.80. The molecular formula is C21H25NO2S. The lowest BCUT2D eigenvalue weighted by atomic mass is 9.78. The van der Waals surface area contributed by atoms with Crippen LogP contribution in [-0.2, 0) is 11.1 Å². The highest BCUT2D eigenvalue weighted by Gasteiger charge is 2.43. The second-order valence-corrected chi connectivity index (χ2v) is 8.35. The van der Waals surface area contributed by atoms with E-state index in [1.165, 1.54) is 35.2 Å². The smallest absolute Gasteiger partial charge is 0.186 e. The monoisotopic (exact) mass is 355 g/mol. The standard InChI is InChI=1S/C21H25NO2S/c1-3-22-11-10-18-20(13-22)17-9-4-14(2)12-19(17)21(18)15-5-7-16(8-6-15)25(23)24/h4-9,12,18,20-21H,3,10-11,13H2,1-2H3,(H,23,24)/t18-,20-,21+/m1/s1. The van der Waals surface area contributed by atoms with Crippen LogP contribution in [0.4, 0.5) is 0 Å². The zero-order valence-electron chi connectivity index (χ0n) is 14.8. The highest BCUT2D eigenvalue weighted by atomic mass is 32.2. The van der Waals surface area contributed by atoms with Crippen molar-refractivity contribution in [3.05, 3.63) is 64.7 Å². The van der Waals surface area contributed by atoms with Gasteiger partial charge in [0.15, 0.2) is 11.1 Å². The maximum Gasteiger partial charge on any atom is 0.186 e. The Bertz CT molecular complexity index is 802. The topological polar surface area (TPSA) is 40.5 Å². The molecule has 1 unspecified atom stereocenters. The Balaban J connectivity index is 1.76. The summed E-state index contributed by atoms with van der Waals surface area (Å²) in [6, 6.07) is 14.6. The lowest BCUT2D eigenvalue weighted by Gasteiger charge is -2.37. The minimum Gasteiger partial charge on any atom is -0.303 e. The van der Waals surface area contributed by atoms with Gasteiger partial charge in [0, 0.05) is 18.4 Å². The molecule has 132 valence electrons. The van der Waals surface area contributed by atoms with Crippen molar-refractivity contribution in [2.24, 2.45) is 5.92 Å². The van der Waals surface area contributed by atoms with Crippen LogP contribution in [-0.4, -0.2) is 33.3 Å². The summed E-state index contributed by atoms with van der Waals surface area (Å²) in [6.07, 6.45) is 1.21. The van der Waals surface area contributed by atoms with E-state index < -0.39 is 11.1 Å². The molecule has 1 N–H and O–H groups in total. The lowest BCUT2D eigenvalue weighted by Crippen LogP contribution is -2.38. The average molecular weight is 356 g/mol. The number of aryl methyl sites for hydroxylation is 1. The van der Waals surface area contributed by atoms with Gasteiger partial charge < -0.3 is 9.45 Å². The first-order chi connectivity index (χ1) is 12.1. The Hall–Kier alpha value is -1.49. The molecule has 1 saturated heterocycles. The molecule has 4 heteroatoms. The number of fused-ring (bicyclic) bond motifs is 3. The van der Waals surface area contributed by atoms with Gasteiger partial charge in [0.05, 0.1) is 4.90 Å². The number of piperidine rings is 1. The zero-order valence-corrected chi connectivity index (χ0v) is 15.6. The predicted octanol–water partition coefficient (Wildman–Crippen LogP) is 4.15. The van der Waals surface area contributed by atoms with E-state index >= 15 is 0 Å². The summed E-state index contributed by atoms with van der Waals surface area (Å²) in [5.41, 5.74) is 5.56. The molecule has 1 heterocycles. The predicted molar refractivity (Wildman–Crippen MR) is 101 cm³/mol. The van der Waals surface area contributed by atoms with Gasteiger partial charge in [0.25, 0.3) is 0 Å². The molecular weight excluding hydrogens is 330 g/mol. The molecule has 0 bridgehead atoms. The molecule has 2 aromatic carbocycles. The average Bonchev–Trinajstić information content (AvgIpc) is 2.94. The number of hydrogen-bond acceptors (Lipinski definition) is 2. The molecule has 0 aromatic heterocycles. The van der Waals surface area contributed by atoms with Gasteiger partial charge >= 0.3 is 0 Å². The SMILES string of the molecule is CCN1CC[C@H]2[C@H](c3ccc(S(=O)O)cc3)c3cc(C)ccc3[C@H]2C1. The maximum atomic E-state index is 11.3. The highest BCUT2D eigenvalue weighted by Crippen LogP contribution is 2.53. The van der Waals surface area contributed by atoms with Gasteiger partial charge in [-0.25, -0.2) is 4.21 Å². The third kappa shape index (κ3) is 2.97. The van der Waals surface area contributed by atoms with Crippen LogP contribution < -0.4 is 0 Å². The first-order valence-corrected chi connectivity index (χ1v) is 10.2. The van der Waals surface area contributed by atoms with Crippen LogP contribution in [0.2, 0.25) is 0 Å². The van der Waals surface area contributed by atoms with Crippen LogP contribution in [0.1, 0.15) is 47.4 Å². The zero-order chi connectivity index (χ0) is 17.6.